The Bertz CT molecular complexity index is 318. The molecule has 1 heterocycles. The fraction of sp³-hybridized carbons (Fsp3) is 0.750. The van der Waals surface area contributed by atoms with E-state index in [1.165, 1.54) is 0 Å². The zero-order valence-corrected chi connectivity index (χ0v) is 10.9. The number of hydrogen-bond acceptors (Lipinski definition) is 3. The van der Waals surface area contributed by atoms with Gasteiger partial charge in [0.15, 0.2) is 0 Å². The van der Waals surface area contributed by atoms with E-state index < -0.39 is 0 Å². The second-order valence-electron chi connectivity index (χ2n) is 4.74. The lowest BCUT2D eigenvalue weighted by molar-refractivity contribution is -0.0202. The van der Waals surface area contributed by atoms with E-state index in [0.29, 0.717) is 12.6 Å². The Morgan fingerprint density at radius 3 is 2.75 bits per heavy atom. The zero-order chi connectivity index (χ0) is 12.2. The van der Waals surface area contributed by atoms with Crippen molar-refractivity contribution in [2.75, 3.05) is 6.61 Å². The maximum Gasteiger partial charge on any atom is 0.138 e. The Balaban J connectivity index is 2.63. The van der Waals surface area contributed by atoms with E-state index in [9.17, 15) is 0 Å². The second kappa shape index (κ2) is 5.46. The van der Waals surface area contributed by atoms with Crippen molar-refractivity contribution in [1.82, 2.24) is 15.3 Å². The van der Waals surface area contributed by atoms with Gasteiger partial charge in [0, 0.05) is 31.1 Å². The van der Waals surface area contributed by atoms with Gasteiger partial charge in [-0.15, -0.1) is 0 Å². The molecule has 0 aromatic carbocycles. The minimum Gasteiger partial charge on any atom is -0.368 e. The lowest BCUT2D eigenvalue weighted by atomic mass is 10.1. The molecule has 0 fully saturated rings. The van der Waals surface area contributed by atoms with Crippen molar-refractivity contribution in [3.05, 3.63) is 17.7 Å². The number of hydrogen-bond donors (Lipinski definition) is 2. The molecule has 0 unspecified atom stereocenters. The Kier molecular flexibility index (Phi) is 4.50. The van der Waals surface area contributed by atoms with Gasteiger partial charge in [-0.3, -0.25) is 0 Å². The van der Waals surface area contributed by atoms with Gasteiger partial charge in [-0.1, -0.05) is 13.8 Å². The number of rotatable bonds is 6. The molecule has 0 aliphatic rings. The normalized spacial score (nSPS) is 12.4. The second-order valence-corrected chi connectivity index (χ2v) is 4.74. The van der Waals surface area contributed by atoms with Gasteiger partial charge < -0.3 is 15.0 Å². The van der Waals surface area contributed by atoms with Crippen LogP contribution in [0.5, 0.6) is 0 Å². The molecule has 2 N–H and O–H groups in total. The van der Waals surface area contributed by atoms with Gasteiger partial charge in [-0.2, -0.15) is 0 Å². The summed E-state index contributed by atoms with van der Waals surface area (Å²) in [6.07, 6.45) is 1.87. The van der Waals surface area contributed by atoms with Crippen molar-refractivity contribution in [3.8, 4) is 0 Å². The summed E-state index contributed by atoms with van der Waals surface area (Å²) in [7, 11) is 0. The molecule has 4 heteroatoms. The van der Waals surface area contributed by atoms with Crippen molar-refractivity contribution in [3.63, 3.8) is 0 Å². The molecule has 4 nitrogen and oxygen atoms in total. The van der Waals surface area contributed by atoms with Crippen LogP contribution in [0, 0.1) is 0 Å². The molecular formula is C12H23N3O. The third-order valence-corrected chi connectivity index (χ3v) is 2.40. The molecule has 0 aliphatic heterocycles. The zero-order valence-electron chi connectivity index (χ0n) is 10.9. The van der Waals surface area contributed by atoms with Crippen LogP contribution in [0.2, 0.25) is 0 Å². The molecular weight excluding hydrogens is 202 g/mol. The molecule has 0 aliphatic carbocycles. The van der Waals surface area contributed by atoms with Crippen LogP contribution in [0.15, 0.2) is 6.20 Å². The number of aromatic amines is 1. The fourth-order valence-corrected chi connectivity index (χ4v) is 1.50. The number of imidazole rings is 1. The summed E-state index contributed by atoms with van der Waals surface area (Å²) in [5, 5.41) is 3.35. The van der Waals surface area contributed by atoms with Gasteiger partial charge >= 0.3 is 0 Å². The molecule has 16 heavy (non-hydrogen) atoms. The third kappa shape index (κ3) is 3.61. The highest BCUT2D eigenvalue weighted by atomic mass is 16.5. The van der Waals surface area contributed by atoms with Gasteiger partial charge in [0.05, 0.1) is 0 Å². The van der Waals surface area contributed by atoms with Gasteiger partial charge in [0.25, 0.3) is 0 Å². The molecule has 0 bridgehead atoms. The van der Waals surface area contributed by atoms with E-state index in [1.807, 2.05) is 27.0 Å². The van der Waals surface area contributed by atoms with Crippen LogP contribution in [-0.2, 0) is 16.9 Å². The summed E-state index contributed by atoms with van der Waals surface area (Å²) in [6, 6.07) is 0.478. The smallest absolute Gasteiger partial charge is 0.138 e. The predicted molar refractivity (Wildman–Crippen MR) is 65.2 cm³/mol. The van der Waals surface area contributed by atoms with Gasteiger partial charge in [-0.05, 0) is 20.8 Å². The molecule has 1 aromatic heterocycles. The summed E-state index contributed by atoms with van der Waals surface area (Å²) < 4.78 is 5.64. The van der Waals surface area contributed by atoms with E-state index >= 15 is 0 Å². The average molecular weight is 225 g/mol. The van der Waals surface area contributed by atoms with Crippen molar-refractivity contribution in [1.29, 1.82) is 0 Å². The number of nitrogens with zero attached hydrogens (tertiary/aromatic N) is 1. The van der Waals surface area contributed by atoms with Crippen molar-refractivity contribution < 1.29 is 4.74 Å². The monoisotopic (exact) mass is 225 g/mol. The first-order valence-corrected chi connectivity index (χ1v) is 5.87. The van der Waals surface area contributed by atoms with Gasteiger partial charge in [0.1, 0.15) is 11.4 Å². The molecule has 0 radical (unpaired) electrons. The molecule has 92 valence electrons. The van der Waals surface area contributed by atoms with Crippen molar-refractivity contribution in [2.24, 2.45) is 0 Å². The van der Waals surface area contributed by atoms with E-state index in [0.717, 1.165) is 18.1 Å². The highest BCUT2D eigenvalue weighted by molar-refractivity contribution is 5.06. The summed E-state index contributed by atoms with van der Waals surface area (Å²) in [4.78, 5) is 7.66. The van der Waals surface area contributed by atoms with E-state index in [2.05, 4.69) is 29.1 Å². The first-order valence-electron chi connectivity index (χ1n) is 5.87. The number of H-pyrrole nitrogens is 1. The molecule has 1 aromatic rings. The summed E-state index contributed by atoms with van der Waals surface area (Å²) in [5.74, 6) is 0.884. The van der Waals surface area contributed by atoms with E-state index in [-0.39, 0.29) is 5.60 Å². The minimum atomic E-state index is -0.342. The standard InChI is InChI=1S/C12H23N3O/c1-6-16-12(4,5)11-14-8-10(15-11)7-13-9(2)3/h8-9,13H,6-7H2,1-5H3,(H,14,15). The fourth-order valence-electron chi connectivity index (χ4n) is 1.50. The van der Waals surface area contributed by atoms with Gasteiger partial charge in [-0.25, -0.2) is 4.98 Å². The minimum absolute atomic E-state index is 0.342. The Morgan fingerprint density at radius 1 is 1.50 bits per heavy atom. The average Bonchev–Trinajstić information content (AvgIpc) is 2.63. The summed E-state index contributed by atoms with van der Waals surface area (Å²) in [5.41, 5.74) is 0.752. The largest absolute Gasteiger partial charge is 0.368 e. The number of nitrogens with one attached hydrogen (secondary N) is 2. The van der Waals surface area contributed by atoms with Crippen LogP contribution in [0.1, 0.15) is 46.1 Å². The quantitative estimate of drug-likeness (QED) is 0.780. The number of aromatic nitrogens is 2. The van der Waals surface area contributed by atoms with Gasteiger partial charge in [0.2, 0.25) is 0 Å². The van der Waals surface area contributed by atoms with E-state index in [4.69, 9.17) is 4.74 Å². The molecule has 0 atom stereocenters. The van der Waals surface area contributed by atoms with Crippen LogP contribution in [0.4, 0.5) is 0 Å². The van der Waals surface area contributed by atoms with Crippen molar-refractivity contribution >= 4 is 0 Å². The third-order valence-electron chi connectivity index (χ3n) is 2.40. The van der Waals surface area contributed by atoms with Crippen LogP contribution in [-0.4, -0.2) is 22.6 Å². The maximum atomic E-state index is 5.64. The SMILES string of the molecule is CCOC(C)(C)c1ncc(CNC(C)C)[nH]1. The van der Waals surface area contributed by atoms with Crippen LogP contribution >= 0.6 is 0 Å². The topological polar surface area (TPSA) is 49.9 Å². The highest BCUT2D eigenvalue weighted by Gasteiger charge is 2.23. The Morgan fingerprint density at radius 2 is 2.19 bits per heavy atom. The summed E-state index contributed by atoms with van der Waals surface area (Å²) in [6.45, 7) is 11.8. The molecule has 1 rings (SSSR count). The predicted octanol–water partition coefficient (Wildman–Crippen LogP) is 2.18. The maximum absolute atomic E-state index is 5.64. The van der Waals surface area contributed by atoms with Crippen LogP contribution < -0.4 is 5.32 Å². The van der Waals surface area contributed by atoms with E-state index in [1.54, 1.807) is 0 Å². The first kappa shape index (κ1) is 13.2. The molecule has 0 spiro atoms. The lowest BCUT2D eigenvalue weighted by Crippen LogP contribution is -2.24. The Labute approximate surface area is 97.8 Å². The molecule has 0 saturated heterocycles. The summed E-state index contributed by atoms with van der Waals surface area (Å²) >= 11 is 0. The highest BCUT2D eigenvalue weighted by Crippen LogP contribution is 2.21. The lowest BCUT2D eigenvalue weighted by Gasteiger charge is -2.21. The molecule has 0 amide bonds. The molecule has 0 saturated carbocycles. The van der Waals surface area contributed by atoms with Crippen molar-refractivity contribution in [2.45, 2.75) is 52.8 Å². The van der Waals surface area contributed by atoms with Crippen LogP contribution in [0.3, 0.4) is 0 Å². The first-order chi connectivity index (χ1) is 7.45. The Hall–Kier alpha value is -0.870. The number of ether oxygens (including phenoxy) is 1. The van der Waals surface area contributed by atoms with Crippen LogP contribution in [0.25, 0.3) is 0 Å².